The first kappa shape index (κ1) is 11.0. The van der Waals surface area contributed by atoms with E-state index < -0.39 is 5.91 Å². The highest BCUT2D eigenvalue weighted by molar-refractivity contribution is 6.04. The van der Waals surface area contributed by atoms with Crippen LogP contribution in [0.5, 0.6) is 11.5 Å². The molecule has 0 aliphatic rings. The largest absolute Gasteiger partial charge is 0.506 e. The predicted octanol–water partition coefficient (Wildman–Crippen LogP) is 1.65. The lowest BCUT2D eigenvalue weighted by Crippen LogP contribution is -2.12. The maximum Gasteiger partial charge on any atom is 0.278 e. The Hall–Kier alpha value is -2.50. The fourth-order valence-electron chi connectivity index (χ4n) is 1.31. The molecule has 17 heavy (non-hydrogen) atoms. The van der Waals surface area contributed by atoms with Crippen LogP contribution in [-0.2, 0) is 0 Å². The lowest BCUT2D eigenvalue weighted by molar-refractivity contribution is 0.101. The molecule has 0 atom stereocenters. The Kier molecular flexibility index (Phi) is 2.70. The van der Waals surface area contributed by atoms with E-state index in [1.54, 1.807) is 6.92 Å². The zero-order chi connectivity index (χ0) is 12.4. The number of aryl methyl sites for hydroxylation is 1. The molecular formula is C11H10N2O4. The molecule has 0 spiro atoms. The topological polar surface area (TPSA) is 95.6 Å². The minimum atomic E-state index is -0.571. The van der Waals surface area contributed by atoms with Gasteiger partial charge in [-0.2, -0.15) is 0 Å². The van der Waals surface area contributed by atoms with E-state index in [4.69, 9.17) is 4.52 Å². The van der Waals surface area contributed by atoms with Crippen LogP contribution in [-0.4, -0.2) is 21.3 Å². The average Bonchev–Trinajstić information content (AvgIpc) is 2.70. The maximum atomic E-state index is 11.7. The highest BCUT2D eigenvalue weighted by Gasteiger charge is 2.15. The number of benzene rings is 1. The van der Waals surface area contributed by atoms with Gasteiger partial charge in [0.05, 0.1) is 0 Å². The van der Waals surface area contributed by atoms with Crippen LogP contribution >= 0.6 is 0 Å². The Labute approximate surface area is 96.5 Å². The van der Waals surface area contributed by atoms with Crippen LogP contribution in [0.2, 0.25) is 0 Å². The Bertz CT molecular complexity index is 542. The number of carbonyl (C=O) groups excluding carboxylic acids is 1. The molecule has 0 aliphatic carbocycles. The van der Waals surface area contributed by atoms with E-state index in [1.165, 1.54) is 24.3 Å². The van der Waals surface area contributed by atoms with Gasteiger partial charge in [0, 0.05) is 6.07 Å². The molecule has 1 heterocycles. The molecule has 3 N–H and O–H groups in total. The summed E-state index contributed by atoms with van der Waals surface area (Å²) in [7, 11) is 0. The third kappa shape index (κ3) is 2.20. The molecule has 6 nitrogen and oxygen atoms in total. The van der Waals surface area contributed by atoms with Crippen molar-refractivity contribution in [3.05, 3.63) is 35.7 Å². The van der Waals surface area contributed by atoms with E-state index in [9.17, 15) is 15.0 Å². The van der Waals surface area contributed by atoms with Crippen LogP contribution in [0.1, 0.15) is 16.2 Å². The fraction of sp³-hybridized carbons (Fsp3) is 0.0909. The van der Waals surface area contributed by atoms with Crippen molar-refractivity contribution in [2.75, 3.05) is 5.32 Å². The number of phenols is 2. The Morgan fingerprint density at radius 1 is 1.35 bits per heavy atom. The molecule has 6 heteroatoms. The molecule has 2 aromatic rings. The van der Waals surface area contributed by atoms with Gasteiger partial charge in [-0.3, -0.25) is 4.79 Å². The van der Waals surface area contributed by atoms with Crippen molar-refractivity contribution >= 4 is 11.6 Å². The third-order valence-electron chi connectivity index (χ3n) is 2.12. The first-order chi connectivity index (χ1) is 8.08. The molecule has 0 unspecified atom stereocenters. The van der Waals surface area contributed by atoms with Crippen LogP contribution in [0.25, 0.3) is 0 Å². The van der Waals surface area contributed by atoms with Gasteiger partial charge in [0.25, 0.3) is 5.91 Å². The van der Waals surface area contributed by atoms with Gasteiger partial charge in [-0.25, -0.2) is 0 Å². The molecule has 0 bridgehead atoms. The number of para-hydroxylation sites is 1. The van der Waals surface area contributed by atoms with Crippen molar-refractivity contribution in [2.45, 2.75) is 6.92 Å². The molecule has 0 aliphatic heterocycles. The number of aromatic hydroxyl groups is 2. The summed E-state index contributed by atoms with van der Waals surface area (Å²) < 4.78 is 4.75. The van der Waals surface area contributed by atoms with Gasteiger partial charge >= 0.3 is 0 Å². The summed E-state index contributed by atoms with van der Waals surface area (Å²) in [6.45, 7) is 1.65. The molecule has 1 aromatic carbocycles. The number of nitrogens with zero attached hydrogens (tertiary/aromatic N) is 1. The summed E-state index contributed by atoms with van der Waals surface area (Å²) in [6, 6.07) is 5.61. The highest BCUT2D eigenvalue weighted by atomic mass is 16.5. The van der Waals surface area contributed by atoms with Crippen molar-refractivity contribution in [2.24, 2.45) is 0 Å². The number of phenolic OH excluding ortho intramolecular Hbond substituents is 2. The normalized spacial score (nSPS) is 10.2. The summed E-state index contributed by atoms with van der Waals surface area (Å²) in [6.07, 6.45) is 0. The van der Waals surface area contributed by atoms with Crippen molar-refractivity contribution in [3.8, 4) is 11.5 Å². The van der Waals surface area contributed by atoms with Gasteiger partial charge in [0.2, 0.25) is 0 Å². The molecule has 1 aromatic heterocycles. The number of carbonyl (C=O) groups is 1. The molecule has 1 amide bonds. The number of hydrogen-bond donors (Lipinski definition) is 3. The molecule has 0 radical (unpaired) electrons. The Morgan fingerprint density at radius 2 is 2.00 bits per heavy atom. The first-order valence-corrected chi connectivity index (χ1v) is 4.83. The van der Waals surface area contributed by atoms with Crippen LogP contribution in [0, 0.1) is 6.92 Å². The molecular weight excluding hydrogens is 224 g/mol. The summed E-state index contributed by atoms with van der Waals surface area (Å²) in [5.74, 6) is -0.521. The van der Waals surface area contributed by atoms with E-state index >= 15 is 0 Å². The number of aromatic nitrogens is 1. The van der Waals surface area contributed by atoms with E-state index in [0.29, 0.717) is 5.76 Å². The van der Waals surface area contributed by atoms with Crippen molar-refractivity contribution in [1.82, 2.24) is 5.16 Å². The standard InChI is InChI=1S/C11H10N2O4/c1-6-5-7(13-17-6)11(16)12-10-8(14)3-2-4-9(10)15/h2-5,14-15H,1H3,(H,12,16). The quantitative estimate of drug-likeness (QED) is 0.686. The molecule has 2 rings (SSSR count). The van der Waals surface area contributed by atoms with Crippen molar-refractivity contribution in [1.29, 1.82) is 0 Å². The molecule has 88 valence electrons. The number of anilines is 1. The smallest absolute Gasteiger partial charge is 0.278 e. The van der Waals surface area contributed by atoms with Crippen LogP contribution in [0.4, 0.5) is 5.69 Å². The Morgan fingerprint density at radius 3 is 2.53 bits per heavy atom. The van der Waals surface area contributed by atoms with Gasteiger partial charge < -0.3 is 20.1 Å². The number of amides is 1. The predicted molar refractivity (Wildman–Crippen MR) is 59.0 cm³/mol. The minimum Gasteiger partial charge on any atom is -0.506 e. The second kappa shape index (κ2) is 4.17. The number of nitrogens with one attached hydrogen (secondary N) is 1. The van der Waals surface area contributed by atoms with E-state index in [0.717, 1.165) is 0 Å². The van der Waals surface area contributed by atoms with Crippen LogP contribution in [0.3, 0.4) is 0 Å². The van der Waals surface area contributed by atoms with E-state index in [1.807, 2.05) is 0 Å². The summed E-state index contributed by atoms with van der Waals surface area (Å²) in [5.41, 5.74) is 0.0170. The third-order valence-corrected chi connectivity index (χ3v) is 2.12. The molecule has 0 saturated carbocycles. The molecule has 0 saturated heterocycles. The first-order valence-electron chi connectivity index (χ1n) is 4.83. The monoisotopic (exact) mass is 234 g/mol. The van der Waals surface area contributed by atoms with Gasteiger partial charge in [-0.1, -0.05) is 11.2 Å². The van der Waals surface area contributed by atoms with E-state index in [-0.39, 0.29) is 22.9 Å². The van der Waals surface area contributed by atoms with Gasteiger partial charge in [-0.15, -0.1) is 0 Å². The summed E-state index contributed by atoms with van der Waals surface area (Å²) >= 11 is 0. The minimum absolute atomic E-state index is 0.0573. The number of hydrogen-bond acceptors (Lipinski definition) is 5. The second-order valence-electron chi connectivity index (χ2n) is 3.45. The zero-order valence-corrected chi connectivity index (χ0v) is 8.97. The van der Waals surface area contributed by atoms with Crippen LogP contribution < -0.4 is 5.32 Å². The lowest BCUT2D eigenvalue weighted by Gasteiger charge is -2.07. The van der Waals surface area contributed by atoms with E-state index in [2.05, 4.69) is 10.5 Å². The maximum absolute atomic E-state index is 11.7. The van der Waals surface area contributed by atoms with Gasteiger partial charge in [0.1, 0.15) is 22.9 Å². The Balaban J connectivity index is 2.24. The highest BCUT2D eigenvalue weighted by Crippen LogP contribution is 2.32. The summed E-state index contributed by atoms with van der Waals surface area (Å²) in [4.78, 5) is 11.7. The second-order valence-corrected chi connectivity index (χ2v) is 3.45. The molecule has 0 fully saturated rings. The summed E-state index contributed by atoms with van der Waals surface area (Å²) in [5, 5.41) is 24.8. The SMILES string of the molecule is Cc1cc(C(=O)Nc2c(O)cccc2O)no1. The van der Waals surface area contributed by atoms with Crippen LogP contribution in [0.15, 0.2) is 28.8 Å². The van der Waals surface area contributed by atoms with Crippen molar-refractivity contribution < 1.29 is 19.5 Å². The fourth-order valence-corrected chi connectivity index (χ4v) is 1.31. The number of rotatable bonds is 2. The van der Waals surface area contributed by atoms with Crippen molar-refractivity contribution in [3.63, 3.8) is 0 Å². The lowest BCUT2D eigenvalue weighted by atomic mass is 10.2. The zero-order valence-electron chi connectivity index (χ0n) is 8.97. The van der Waals surface area contributed by atoms with Gasteiger partial charge in [0.15, 0.2) is 5.69 Å². The average molecular weight is 234 g/mol. The van der Waals surface area contributed by atoms with Gasteiger partial charge in [-0.05, 0) is 19.1 Å².